The van der Waals surface area contributed by atoms with E-state index in [1.807, 2.05) is 0 Å². The summed E-state index contributed by atoms with van der Waals surface area (Å²) in [7, 11) is 0. The molecule has 25 heavy (non-hydrogen) atoms. The number of rotatable bonds is 4. The van der Waals surface area contributed by atoms with Gasteiger partial charge in [-0.05, 0) is 30.5 Å². The molecular formula is C16H18F3N5O. The zero-order valence-corrected chi connectivity index (χ0v) is 13.4. The summed E-state index contributed by atoms with van der Waals surface area (Å²) in [5.74, 6) is 0.365. The van der Waals surface area contributed by atoms with Crippen molar-refractivity contribution in [3.63, 3.8) is 0 Å². The number of carbonyl (C=O) groups excluding carboxylic acids is 1. The molecule has 1 aliphatic rings. The first kappa shape index (κ1) is 17.4. The quantitative estimate of drug-likeness (QED) is 0.885. The summed E-state index contributed by atoms with van der Waals surface area (Å²) in [6, 6.07) is 4.56. The second-order valence-electron chi connectivity index (χ2n) is 6.21. The van der Waals surface area contributed by atoms with E-state index in [-0.39, 0.29) is 24.3 Å². The maximum absolute atomic E-state index is 12.6. The first-order chi connectivity index (χ1) is 11.9. The molecule has 1 aromatic heterocycles. The molecular weight excluding hydrogens is 335 g/mol. The number of hydrogen-bond acceptors (Lipinski definition) is 4. The molecule has 134 valence electrons. The monoisotopic (exact) mass is 353 g/mol. The number of halogens is 3. The topological polar surface area (TPSA) is 83.6 Å². The van der Waals surface area contributed by atoms with Gasteiger partial charge in [0.2, 0.25) is 5.91 Å². The van der Waals surface area contributed by atoms with Crippen molar-refractivity contribution in [2.75, 3.05) is 0 Å². The molecule has 3 rings (SSSR count). The van der Waals surface area contributed by atoms with Gasteiger partial charge in [-0.2, -0.15) is 18.4 Å². The number of amides is 1. The van der Waals surface area contributed by atoms with E-state index < -0.39 is 11.7 Å². The molecule has 2 atom stereocenters. The lowest BCUT2D eigenvalue weighted by Gasteiger charge is -2.30. The van der Waals surface area contributed by atoms with Crippen molar-refractivity contribution in [2.45, 2.75) is 50.2 Å². The van der Waals surface area contributed by atoms with Gasteiger partial charge in [-0.3, -0.25) is 4.79 Å². The van der Waals surface area contributed by atoms with E-state index >= 15 is 0 Å². The van der Waals surface area contributed by atoms with E-state index in [2.05, 4.69) is 25.9 Å². The Morgan fingerprint density at radius 2 is 1.92 bits per heavy atom. The number of hydrogen-bond donors (Lipinski definition) is 2. The van der Waals surface area contributed by atoms with Gasteiger partial charge in [0.1, 0.15) is 0 Å². The molecule has 1 aliphatic carbocycles. The normalized spacial score (nSPS) is 21.1. The number of aromatic amines is 1. The van der Waals surface area contributed by atoms with Crippen LogP contribution in [0, 0.1) is 0 Å². The Kier molecular flexibility index (Phi) is 5.00. The van der Waals surface area contributed by atoms with Crippen LogP contribution >= 0.6 is 0 Å². The molecule has 1 heterocycles. The van der Waals surface area contributed by atoms with Crippen LogP contribution in [0.4, 0.5) is 13.2 Å². The zero-order valence-electron chi connectivity index (χ0n) is 13.4. The SMILES string of the molecule is O=C(Cc1ccc(C(F)(F)F)cc1)NC1CCCCC1c1nn[nH]n1. The maximum atomic E-state index is 12.6. The van der Waals surface area contributed by atoms with Crippen molar-refractivity contribution >= 4 is 5.91 Å². The first-order valence-electron chi connectivity index (χ1n) is 8.12. The Morgan fingerprint density at radius 3 is 2.56 bits per heavy atom. The average Bonchev–Trinajstić information content (AvgIpc) is 3.09. The smallest absolute Gasteiger partial charge is 0.352 e. The summed E-state index contributed by atoms with van der Waals surface area (Å²) >= 11 is 0. The highest BCUT2D eigenvalue weighted by Gasteiger charge is 2.31. The second kappa shape index (κ2) is 7.20. The van der Waals surface area contributed by atoms with Crippen LogP contribution in [0.25, 0.3) is 0 Å². The van der Waals surface area contributed by atoms with E-state index in [0.29, 0.717) is 11.4 Å². The lowest BCUT2D eigenvalue weighted by Crippen LogP contribution is -2.42. The Labute approximate surface area is 142 Å². The van der Waals surface area contributed by atoms with E-state index in [9.17, 15) is 18.0 Å². The summed E-state index contributed by atoms with van der Waals surface area (Å²) < 4.78 is 37.7. The Morgan fingerprint density at radius 1 is 1.20 bits per heavy atom. The fraction of sp³-hybridized carbons (Fsp3) is 0.500. The minimum absolute atomic E-state index is 0.00376. The molecule has 1 fully saturated rings. The molecule has 0 bridgehead atoms. The van der Waals surface area contributed by atoms with Crippen LogP contribution in [0.3, 0.4) is 0 Å². The van der Waals surface area contributed by atoms with Crippen LogP contribution in [0.2, 0.25) is 0 Å². The number of benzene rings is 1. The number of tetrazole rings is 1. The van der Waals surface area contributed by atoms with E-state index in [4.69, 9.17) is 0 Å². The van der Waals surface area contributed by atoms with Gasteiger partial charge in [0.15, 0.2) is 5.82 Å². The lowest BCUT2D eigenvalue weighted by molar-refractivity contribution is -0.137. The van der Waals surface area contributed by atoms with Crippen molar-refractivity contribution in [3.05, 3.63) is 41.2 Å². The first-order valence-corrected chi connectivity index (χ1v) is 8.12. The number of nitrogens with zero attached hydrogens (tertiary/aromatic N) is 3. The van der Waals surface area contributed by atoms with Gasteiger partial charge < -0.3 is 5.32 Å². The Hall–Kier alpha value is -2.45. The summed E-state index contributed by atoms with van der Waals surface area (Å²) in [4.78, 5) is 12.3. The van der Waals surface area contributed by atoms with Gasteiger partial charge in [-0.15, -0.1) is 10.2 Å². The molecule has 6 nitrogen and oxygen atoms in total. The third-order valence-corrected chi connectivity index (χ3v) is 4.45. The predicted molar refractivity (Wildman–Crippen MR) is 82.5 cm³/mol. The van der Waals surface area contributed by atoms with Crippen LogP contribution in [0.15, 0.2) is 24.3 Å². The number of alkyl halides is 3. The van der Waals surface area contributed by atoms with Crippen LogP contribution in [0.5, 0.6) is 0 Å². The van der Waals surface area contributed by atoms with Gasteiger partial charge in [0, 0.05) is 12.0 Å². The fourth-order valence-corrected chi connectivity index (χ4v) is 3.19. The molecule has 9 heteroatoms. The van der Waals surface area contributed by atoms with Crippen LogP contribution < -0.4 is 5.32 Å². The Bertz CT molecular complexity index is 700. The second-order valence-corrected chi connectivity index (χ2v) is 6.21. The molecule has 2 aromatic rings. The minimum Gasteiger partial charge on any atom is -0.352 e. The van der Waals surface area contributed by atoms with Crippen molar-refractivity contribution in [1.82, 2.24) is 25.9 Å². The summed E-state index contributed by atoms with van der Waals surface area (Å²) in [6.45, 7) is 0. The number of nitrogens with one attached hydrogen (secondary N) is 2. The minimum atomic E-state index is -4.37. The highest BCUT2D eigenvalue weighted by Crippen LogP contribution is 2.31. The van der Waals surface area contributed by atoms with Gasteiger partial charge >= 0.3 is 6.18 Å². The third-order valence-electron chi connectivity index (χ3n) is 4.45. The van der Waals surface area contributed by atoms with E-state index in [1.54, 1.807) is 0 Å². The highest BCUT2D eigenvalue weighted by atomic mass is 19.4. The molecule has 0 radical (unpaired) electrons. The standard InChI is InChI=1S/C16H18F3N5O/c17-16(18,19)11-7-5-10(6-8-11)9-14(25)20-13-4-2-1-3-12(13)15-21-23-24-22-15/h5-8,12-13H,1-4,9H2,(H,20,25)(H,21,22,23,24). The fourth-order valence-electron chi connectivity index (χ4n) is 3.19. The van der Waals surface area contributed by atoms with Crippen molar-refractivity contribution in [1.29, 1.82) is 0 Å². The van der Waals surface area contributed by atoms with Gasteiger partial charge in [0.25, 0.3) is 0 Å². The van der Waals surface area contributed by atoms with Crippen molar-refractivity contribution in [2.24, 2.45) is 0 Å². The van der Waals surface area contributed by atoms with Gasteiger partial charge in [-0.1, -0.05) is 30.2 Å². The summed E-state index contributed by atoms with van der Waals surface area (Å²) in [6.07, 6.45) is -0.624. The largest absolute Gasteiger partial charge is 0.416 e. The molecule has 1 aromatic carbocycles. The number of aromatic nitrogens is 4. The third kappa shape index (κ3) is 4.34. The number of H-pyrrole nitrogens is 1. The zero-order chi connectivity index (χ0) is 17.9. The Balaban J connectivity index is 1.61. The molecule has 1 amide bonds. The van der Waals surface area contributed by atoms with E-state index in [0.717, 1.165) is 37.8 Å². The maximum Gasteiger partial charge on any atom is 0.416 e. The van der Waals surface area contributed by atoms with Gasteiger partial charge in [-0.25, -0.2) is 0 Å². The summed E-state index contributed by atoms with van der Waals surface area (Å²) in [5, 5.41) is 17.0. The van der Waals surface area contributed by atoms with Crippen LogP contribution in [-0.2, 0) is 17.4 Å². The molecule has 0 saturated heterocycles. The number of carbonyl (C=O) groups is 1. The molecule has 0 aliphatic heterocycles. The molecule has 2 unspecified atom stereocenters. The highest BCUT2D eigenvalue weighted by molar-refractivity contribution is 5.79. The molecule has 0 spiro atoms. The van der Waals surface area contributed by atoms with Crippen LogP contribution in [-0.4, -0.2) is 32.6 Å². The van der Waals surface area contributed by atoms with E-state index in [1.165, 1.54) is 12.1 Å². The molecule has 1 saturated carbocycles. The average molecular weight is 353 g/mol. The summed E-state index contributed by atoms with van der Waals surface area (Å²) in [5.41, 5.74) is -0.182. The predicted octanol–water partition coefficient (Wildman–Crippen LogP) is 2.60. The molecule has 2 N–H and O–H groups in total. The van der Waals surface area contributed by atoms with Crippen molar-refractivity contribution < 1.29 is 18.0 Å². The van der Waals surface area contributed by atoms with Gasteiger partial charge in [0.05, 0.1) is 12.0 Å². The van der Waals surface area contributed by atoms with Crippen molar-refractivity contribution in [3.8, 4) is 0 Å². The lowest BCUT2D eigenvalue weighted by atomic mass is 9.84. The van der Waals surface area contributed by atoms with Crippen LogP contribution in [0.1, 0.15) is 48.6 Å².